The first-order valence-electron chi connectivity index (χ1n) is 6.48. The van der Waals surface area contributed by atoms with Gasteiger partial charge in [-0.15, -0.1) is 0 Å². The van der Waals surface area contributed by atoms with E-state index in [1.807, 2.05) is 37.4 Å². The molecule has 1 heterocycles. The molecule has 4 heteroatoms. The Morgan fingerprint density at radius 1 is 1.26 bits per heavy atom. The van der Waals surface area contributed by atoms with Crippen molar-refractivity contribution in [3.63, 3.8) is 0 Å². The summed E-state index contributed by atoms with van der Waals surface area (Å²) < 4.78 is 8.45. The first kappa shape index (κ1) is 13.9. The van der Waals surface area contributed by atoms with E-state index < -0.39 is 0 Å². The number of hydrogen-bond donors (Lipinski definition) is 1. The van der Waals surface area contributed by atoms with Gasteiger partial charge in [0, 0.05) is 17.3 Å². The molecule has 1 aromatic heterocycles. The monoisotopic (exact) mass is 276 g/mol. The van der Waals surface area contributed by atoms with Crippen LogP contribution in [-0.4, -0.2) is 16.2 Å². The molecule has 0 fully saturated rings. The maximum atomic E-state index is 5.70. The summed E-state index contributed by atoms with van der Waals surface area (Å²) in [7, 11) is 0. The SMILES string of the molecule is CCOc1ccccc1-n1c(C(C)(C)C)c[nH]c1=S. The largest absolute Gasteiger partial charge is 0.492 e. The second-order valence-electron chi connectivity index (χ2n) is 5.47. The number of nitrogens with zero attached hydrogens (tertiary/aromatic N) is 1. The Labute approximate surface area is 119 Å². The van der Waals surface area contributed by atoms with E-state index in [0.717, 1.165) is 17.1 Å². The van der Waals surface area contributed by atoms with Crippen LogP contribution in [0.25, 0.3) is 5.69 Å². The summed E-state index contributed by atoms with van der Waals surface area (Å²) in [6, 6.07) is 7.98. The van der Waals surface area contributed by atoms with E-state index in [1.165, 1.54) is 0 Å². The van der Waals surface area contributed by atoms with Gasteiger partial charge in [-0.05, 0) is 31.3 Å². The van der Waals surface area contributed by atoms with Gasteiger partial charge in [0.1, 0.15) is 5.75 Å². The van der Waals surface area contributed by atoms with Gasteiger partial charge in [-0.25, -0.2) is 0 Å². The Morgan fingerprint density at radius 3 is 2.58 bits per heavy atom. The minimum Gasteiger partial charge on any atom is -0.492 e. The highest BCUT2D eigenvalue weighted by atomic mass is 32.1. The van der Waals surface area contributed by atoms with E-state index in [2.05, 4.69) is 30.3 Å². The van der Waals surface area contributed by atoms with Gasteiger partial charge in [0.05, 0.1) is 12.3 Å². The normalized spacial score (nSPS) is 11.6. The van der Waals surface area contributed by atoms with Gasteiger partial charge in [-0.1, -0.05) is 32.9 Å². The lowest BCUT2D eigenvalue weighted by atomic mass is 9.92. The molecule has 0 radical (unpaired) electrons. The Kier molecular flexibility index (Phi) is 3.80. The van der Waals surface area contributed by atoms with Gasteiger partial charge in [-0.2, -0.15) is 0 Å². The predicted octanol–water partition coefficient (Wildman–Crippen LogP) is 4.23. The predicted molar refractivity (Wildman–Crippen MR) is 80.8 cm³/mol. The molecule has 2 rings (SSSR count). The number of rotatable bonds is 3. The van der Waals surface area contributed by atoms with Crippen LogP contribution in [-0.2, 0) is 5.41 Å². The highest BCUT2D eigenvalue weighted by molar-refractivity contribution is 7.71. The lowest BCUT2D eigenvalue weighted by molar-refractivity contribution is 0.338. The smallest absolute Gasteiger partial charge is 0.182 e. The van der Waals surface area contributed by atoms with Crippen LogP contribution >= 0.6 is 12.2 Å². The molecule has 0 aliphatic carbocycles. The third-order valence-electron chi connectivity index (χ3n) is 2.95. The van der Waals surface area contributed by atoms with Crippen molar-refractivity contribution in [1.29, 1.82) is 0 Å². The highest BCUT2D eigenvalue weighted by Crippen LogP contribution is 2.30. The standard InChI is InChI=1S/C15H20N2OS/c1-5-18-12-9-7-6-8-11(12)17-13(15(2,3)4)10-16-14(17)19/h6-10H,5H2,1-4H3,(H,16,19). The van der Waals surface area contributed by atoms with Crippen molar-refractivity contribution in [3.05, 3.63) is 40.9 Å². The molecule has 0 atom stereocenters. The molecular weight excluding hydrogens is 256 g/mol. The van der Waals surface area contributed by atoms with Gasteiger partial charge in [-0.3, -0.25) is 4.57 Å². The van der Waals surface area contributed by atoms with Gasteiger partial charge in [0.25, 0.3) is 0 Å². The molecule has 3 nitrogen and oxygen atoms in total. The molecule has 0 saturated carbocycles. The van der Waals surface area contributed by atoms with Crippen molar-refractivity contribution in [3.8, 4) is 11.4 Å². The number of ether oxygens (including phenoxy) is 1. The van der Waals surface area contributed by atoms with E-state index >= 15 is 0 Å². The average molecular weight is 276 g/mol. The molecule has 0 spiro atoms. The summed E-state index contributed by atoms with van der Waals surface area (Å²) in [6.07, 6.45) is 1.98. The summed E-state index contributed by atoms with van der Waals surface area (Å²) in [6.45, 7) is 9.14. The lowest BCUT2D eigenvalue weighted by Crippen LogP contribution is -2.17. The number of H-pyrrole nitrogens is 1. The molecule has 0 amide bonds. The number of para-hydroxylation sites is 2. The van der Waals surface area contributed by atoms with Gasteiger partial charge < -0.3 is 9.72 Å². The molecule has 0 bridgehead atoms. The van der Waals surface area contributed by atoms with Crippen molar-refractivity contribution in [2.45, 2.75) is 33.1 Å². The Morgan fingerprint density at radius 2 is 1.95 bits per heavy atom. The minimum absolute atomic E-state index is 0.00683. The Balaban J connectivity index is 2.66. The van der Waals surface area contributed by atoms with Gasteiger partial charge in [0.15, 0.2) is 4.77 Å². The zero-order valence-corrected chi connectivity index (χ0v) is 12.7. The summed E-state index contributed by atoms with van der Waals surface area (Å²) in [5, 5.41) is 0. The Hall–Kier alpha value is -1.55. The zero-order valence-electron chi connectivity index (χ0n) is 11.9. The lowest BCUT2D eigenvalue weighted by Gasteiger charge is -2.22. The van der Waals surface area contributed by atoms with E-state index in [0.29, 0.717) is 11.4 Å². The molecule has 0 unspecified atom stereocenters. The molecule has 1 aromatic carbocycles. The van der Waals surface area contributed by atoms with Crippen LogP contribution in [0.5, 0.6) is 5.75 Å². The van der Waals surface area contributed by atoms with Gasteiger partial charge >= 0.3 is 0 Å². The molecular formula is C15H20N2OS. The number of benzene rings is 1. The van der Waals surface area contributed by atoms with Crippen LogP contribution in [0, 0.1) is 4.77 Å². The molecule has 102 valence electrons. The molecule has 0 aliphatic rings. The number of aromatic nitrogens is 2. The fourth-order valence-electron chi connectivity index (χ4n) is 2.08. The maximum Gasteiger partial charge on any atom is 0.182 e. The fraction of sp³-hybridized carbons (Fsp3) is 0.400. The fourth-order valence-corrected chi connectivity index (χ4v) is 2.33. The van der Waals surface area contributed by atoms with Crippen LogP contribution < -0.4 is 4.74 Å². The topological polar surface area (TPSA) is 29.9 Å². The molecule has 19 heavy (non-hydrogen) atoms. The highest BCUT2D eigenvalue weighted by Gasteiger charge is 2.21. The van der Waals surface area contributed by atoms with Crippen molar-refractivity contribution in [2.75, 3.05) is 6.61 Å². The third-order valence-corrected chi connectivity index (χ3v) is 3.25. The first-order chi connectivity index (χ1) is 8.95. The van der Waals surface area contributed by atoms with Crippen LogP contribution in [0.1, 0.15) is 33.4 Å². The molecule has 1 N–H and O–H groups in total. The van der Waals surface area contributed by atoms with Gasteiger partial charge in [0.2, 0.25) is 0 Å². The van der Waals surface area contributed by atoms with Crippen LogP contribution in [0.2, 0.25) is 0 Å². The van der Waals surface area contributed by atoms with E-state index in [4.69, 9.17) is 17.0 Å². The number of aromatic amines is 1. The van der Waals surface area contributed by atoms with E-state index in [-0.39, 0.29) is 5.41 Å². The van der Waals surface area contributed by atoms with E-state index in [1.54, 1.807) is 0 Å². The second-order valence-corrected chi connectivity index (χ2v) is 5.85. The summed E-state index contributed by atoms with van der Waals surface area (Å²) >= 11 is 5.42. The zero-order chi connectivity index (χ0) is 14.0. The minimum atomic E-state index is 0.00683. The summed E-state index contributed by atoms with van der Waals surface area (Å²) in [5.41, 5.74) is 2.14. The second kappa shape index (κ2) is 5.21. The number of nitrogens with one attached hydrogen (secondary N) is 1. The summed E-state index contributed by atoms with van der Waals surface area (Å²) in [5.74, 6) is 0.853. The quantitative estimate of drug-likeness (QED) is 0.850. The van der Waals surface area contributed by atoms with Crippen LogP contribution in [0.3, 0.4) is 0 Å². The Bertz CT molecular complexity index is 620. The first-order valence-corrected chi connectivity index (χ1v) is 6.89. The van der Waals surface area contributed by atoms with Crippen molar-refractivity contribution in [2.24, 2.45) is 0 Å². The molecule has 0 aliphatic heterocycles. The number of imidazole rings is 1. The van der Waals surface area contributed by atoms with Crippen LogP contribution in [0.4, 0.5) is 0 Å². The molecule has 2 aromatic rings. The average Bonchev–Trinajstić information content (AvgIpc) is 2.72. The third kappa shape index (κ3) is 2.73. The summed E-state index contributed by atoms with van der Waals surface area (Å²) in [4.78, 5) is 3.13. The van der Waals surface area contributed by atoms with Crippen molar-refractivity contribution >= 4 is 12.2 Å². The van der Waals surface area contributed by atoms with Crippen LogP contribution in [0.15, 0.2) is 30.5 Å². The maximum absolute atomic E-state index is 5.70. The number of hydrogen-bond acceptors (Lipinski definition) is 2. The van der Waals surface area contributed by atoms with Crippen molar-refractivity contribution < 1.29 is 4.74 Å². The molecule has 0 saturated heterocycles. The van der Waals surface area contributed by atoms with Crippen molar-refractivity contribution in [1.82, 2.24) is 9.55 Å². The van der Waals surface area contributed by atoms with E-state index in [9.17, 15) is 0 Å².